The first-order valence-electron chi connectivity index (χ1n) is 11.0. The Bertz CT molecular complexity index is 1010. The Balaban J connectivity index is 2.17. The quantitative estimate of drug-likeness (QED) is 0.454. The highest BCUT2D eigenvalue weighted by Crippen LogP contribution is 2.46. The Kier molecular flexibility index (Phi) is 7.02. The summed E-state index contributed by atoms with van der Waals surface area (Å²) in [5.74, 6) is -0.693. The van der Waals surface area contributed by atoms with E-state index in [1.165, 1.54) is 12.1 Å². The third-order valence-electron chi connectivity index (χ3n) is 6.41. The molecule has 7 heteroatoms. The number of hydrogen-bond acceptors (Lipinski definition) is 1. The van der Waals surface area contributed by atoms with Crippen LogP contribution in [0.15, 0.2) is 24.3 Å². The van der Waals surface area contributed by atoms with E-state index in [1.54, 1.807) is 0 Å². The van der Waals surface area contributed by atoms with Crippen LogP contribution in [0.1, 0.15) is 86.0 Å². The lowest BCUT2D eigenvalue weighted by Crippen LogP contribution is -2.22. The van der Waals surface area contributed by atoms with Crippen LogP contribution in [0.4, 0.5) is 18.9 Å². The highest BCUT2D eigenvalue weighted by molar-refractivity contribution is 5.69. The summed E-state index contributed by atoms with van der Waals surface area (Å²) in [4.78, 5) is 15.3. The van der Waals surface area contributed by atoms with Gasteiger partial charge in [-0.05, 0) is 68.2 Å². The maximum Gasteiger partial charge on any atom is 0.416 e. The van der Waals surface area contributed by atoms with Gasteiger partial charge in [0.15, 0.2) is 0 Å². The Morgan fingerprint density at radius 3 is 2.44 bits per heavy atom. The fraction of sp³-hybridized carbons (Fsp3) is 0.520. The zero-order chi connectivity index (χ0) is 23.6. The van der Waals surface area contributed by atoms with E-state index in [-0.39, 0.29) is 18.4 Å². The highest BCUT2D eigenvalue weighted by Gasteiger charge is 2.34. The van der Waals surface area contributed by atoms with E-state index in [9.17, 15) is 23.1 Å². The minimum absolute atomic E-state index is 0.0161. The number of rotatable bonds is 7. The molecule has 0 spiro atoms. The van der Waals surface area contributed by atoms with Gasteiger partial charge in [0.05, 0.1) is 24.6 Å². The molecule has 1 aromatic carbocycles. The molecule has 0 radical (unpaired) electrons. The number of benzene rings is 1. The Labute approximate surface area is 186 Å². The van der Waals surface area contributed by atoms with Crippen molar-refractivity contribution in [2.45, 2.75) is 77.4 Å². The number of nitrogens with zero attached hydrogens (tertiary/aromatic N) is 2. The van der Waals surface area contributed by atoms with Crippen LogP contribution in [0.25, 0.3) is 4.85 Å². The number of alkyl halides is 3. The maximum absolute atomic E-state index is 13.1. The van der Waals surface area contributed by atoms with E-state index in [1.807, 2.05) is 6.92 Å². The second-order valence-corrected chi connectivity index (χ2v) is 9.07. The minimum Gasteiger partial charge on any atom is -0.481 e. The smallest absolute Gasteiger partial charge is 0.416 e. The molecule has 1 aromatic heterocycles. The maximum atomic E-state index is 13.1. The van der Waals surface area contributed by atoms with Gasteiger partial charge in [-0.1, -0.05) is 26.0 Å². The molecular formula is C25H29F3N2O2. The normalized spacial score (nSPS) is 17.1. The van der Waals surface area contributed by atoms with E-state index >= 15 is 0 Å². The third-order valence-corrected chi connectivity index (χ3v) is 6.41. The van der Waals surface area contributed by atoms with Gasteiger partial charge in [-0.2, -0.15) is 13.2 Å². The standard InChI is InChI=1S/C25H29F3N2O2/c1-15(2)8-13-21(17-9-11-19(12-10-17)25(26,27)28)30-16(3)23(29-4)20-7-5-6-18(24(20)30)14-22(31)32/h9-12,15,18,21H,5-8,13-14H2,1-3H3,(H,31,32)/t18?,21-/m1/s1. The average molecular weight is 447 g/mol. The van der Waals surface area contributed by atoms with Gasteiger partial charge in [-0.15, -0.1) is 0 Å². The van der Waals surface area contributed by atoms with Crippen molar-refractivity contribution in [3.63, 3.8) is 0 Å². The molecule has 0 amide bonds. The number of halogens is 3. The van der Waals surface area contributed by atoms with E-state index in [0.29, 0.717) is 18.0 Å². The minimum atomic E-state index is -4.40. The van der Waals surface area contributed by atoms with E-state index < -0.39 is 17.7 Å². The lowest BCUT2D eigenvalue weighted by atomic mass is 9.84. The van der Waals surface area contributed by atoms with Crippen LogP contribution in [0.2, 0.25) is 0 Å². The van der Waals surface area contributed by atoms with Crippen molar-refractivity contribution < 1.29 is 23.1 Å². The largest absolute Gasteiger partial charge is 0.481 e. The van der Waals surface area contributed by atoms with Crippen molar-refractivity contribution in [2.24, 2.45) is 5.92 Å². The summed E-state index contributed by atoms with van der Waals surface area (Å²) in [6.45, 7) is 13.8. The van der Waals surface area contributed by atoms with Crippen LogP contribution >= 0.6 is 0 Å². The van der Waals surface area contributed by atoms with E-state index in [0.717, 1.165) is 60.3 Å². The summed E-state index contributed by atoms with van der Waals surface area (Å²) in [6.07, 6.45) is -0.591. The zero-order valence-corrected chi connectivity index (χ0v) is 18.7. The van der Waals surface area contributed by atoms with E-state index in [2.05, 4.69) is 23.3 Å². The molecule has 172 valence electrons. The molecule has 0 saturated carbocycles. The van der Waals surface area contributed by atoms with Crippen molar-refractivity contribution in [3.8, 4) is 0 Å². The van der Waals surface area contributed by atoms with Crippen molar-refractivity contribution in [2.75, 3.05) is 0 Å². The van der Waals surface area contributed by atoms with Crippen LogP contribution in [-0.4, -0.2) is 15.6 Å². The highest BCUT2D eigenvalue weighted by atomic mass is 19.4. The van der Waals surface area contributed by atoms with Crippen LogP contribution in [-0.2, 0) is 17.4 Å². The summed E-state index contributed by atoms with van der Waals surface area (Å²) < 4.78 is 41.4. The lowest BCUT2D eigenvalue weighted by Gasteiger charge is -2.31. The summed E-state index contributed by atoms with van der Waals surface area (Å²) in [7, 11) is 0. The first-order chi connectivity index (χ1) is 15.0. The molecule has 0 aliphatic heterocycles. The predicted octanol–water partition coefficient (Wildman–Crippen LogP) is 7.29. The molecule has 1 aliphatic rings. The molecule has 1 N–H and O–H groups in total. The number of hydrogen-bond donors (Lipinski definition) is 1. The van der Waals surface area contributed by atoms with Crippen LogP contribution in [0, 0.1) is 19.4 Å². The summed E-state index contributed by atoms with van der Waals surface area (Å²) >= 11 is 0. The molecule has 2 aromatic rings. The molecule has 1 unspecified atom stereocenters. The lowest BCUT2D eigenvalue weighted by molar-refractivity contribution is -0.138. The number of carboxylic acid groups (broad SMARTS) is 1. The number of carboxylic acids is 1. The first kappa shape index (κ1) is 23.9. The number of carbonyl (C=O) groups is 1. The zero-order valence-electron chi connectivity index (χ0n) is 18.7. The van der Waals surface area contributed by atoms with Gasteiger partial charge in [-0.25, -0.2) is 4.85 Å². The molecule has 2 atom stereocenters. The van der Waals surface area contributed by atoms with Crippen molar-refractivity contribution >= 4 is 11.7 Å². The number of fused-ring (bicyclic) bond motifs is 1. The van der Waals surface area contributed by atoms with Crippen LogP contribution in [0.5, 0.6) is 0 Å². The molecule has 3 rings (SSSR count). The summed E-state index contributed by atoms with van der Waals surface area (Å²) in [5.41, 5.74) is 3.19. The van der Waals surface area contributed by atoms with Gasteiger partial charge >= 0.3 is 12.1 Å². The van der Waals surface area contributed by atoms with Crippen LogP contribution < -0.4 is 0 Å². The molecule has 0 bridgehead atoms. The Hall–Kier alpha value is -2.75. The third kappa shape index (κ3) is 4.85. The second-order valence-electron chi connectivity index (χ2n) is 9.07. The number of aromatic nitrogens is 1. The molecule has 4 nitrogen and oxygen atoms in total. The first-order valence-corrected chi connectivity index (χ1v) is 11.0. The topological polar surface area (TPSA) is 46.6 Å². The number of aliphatic carboxylic acids is 1. The molecule has 0 saturated heterocycles. The molecule has 1 heterocycles. The predicted molar refractivity (Wildman–Crippen MR) is 117 cm³/mol. The molecule has 32 heavy (non-hydrogen) atoms. The van der Waals surface area contributed by atoms with Gasteiger partial charge in [0.25, 0.3) is 0 Å². The Morgan fingerprint density at radius 2 is 1.91 bits per heavy atom. The van der Waals surface area contributed by atoms with Crippen molar-refractivity contribution in [1.82, 2.24) is 4.57 Å². The second kappa shape index (κ2) is 9.40. The van der Waals surface area contributed by atoms with Crippen molar-refractivity contribution in [1.29, 1.82) is 0 Å². The van der Waals surface area contributed by atoms with Gasteiger partial charge in [0.1, 0.15) is 0 Å². The van der Waals surface area contributed by atoms with Gasteiger partial charge in [0.2, 0.25) is 5.69 Å². The fourth-order valence-corrected chi connectivity index (χ4v) is 4.92. The SMILES string of the molecule is [C-]#[N+]c1c2c(n([C@H](CCC(C)C)c3ccc(C(F)(F)F)cc3)c1C)C(CC(=O)O)CCC2. The monoisotopic (exact) mass is 446 g/mol. The van der Waals surface area contributed by atoms with E-state index in [4.69, 9.17) is 6.57 Å². The van der Waals surface area contributed by atoms with Gasteiger partial charge in [0, 0.05) is 17.3 Å². The molecular weight excluding hydrogens is 417 g/mol. The molecule has 0 fully saturated rings. The van der Waals surface area contributed by atoms with Gasteiger partial charge in [-0.3, -0.25) is 4.79 Å². The molecule has 1 aliphatic carbocycles. The summed E-state index contributed by atoms with van der Waals surface area (Å²) in [6, 6.07) is 5.00. The average Bonchev–Trinajstić information content (AvgIpc) is 2.99. The fourth-order valence-electron chi connectivity index (χ4n) is 4.92. The van der Waals surface area contributed by atoms with Gasteiger partial charge < -0.3 is 9.67 Å². The Morgan fingerprint density at radius 1 is 1.25 bits per heavy atom. The summed E-state index contributed by atoms with van der Waals surface area (Å²) in [5, 5.41) is 9.48. The van der Waals surface area contributed by atoms with Crippen LogP contribution in [0.3, 0.4) is 0 Å². The van der Waals surface area contributed by atoms with Crippen molar-refractivity contribution in [3.05, 3.63) is 63.8 Å².